The van der Waals surface area contributed by atoms with Gasteiger partial charge in [0, 0.05) is 5.02 Å². The smallest absolute Gasteiger partial charge is 0.238 e. The number of pyridine rings is 1. The van der Waals surface area contributed by atoms with Gasteiger partial charge < -0.3 is 10.5 Å². The Morgan fingerprint density at radius 3 is 2.47 bits per heavy atom. The number of halogens is 2. The molecule has 1 aromatic heterocycles. The molecule has 0 aliphatic carbocycles. The molecule has 0 bridgehead atoms. The van der Waals surface area contributed by atoms with E-state index in [-0.39, 0.29) is 0 Å². The Morgan fingerprint density at radius 2 is 1.76 bits per heavy atom. The molecule has 5 heteroatoms. The number of benzene rings is 1. The highest BCUT2D eigenvalue weighted by Crippen LogP contribution is 2.22. The lowest BCUT2D eigenvalue weighted by atomic mass is 10.2. The molecule has 0 atom stereocenters. The molecule has 0 aliphatic rings. The molecule has 3 nitrogen and oxygen atoms in total. The first-order valence-electron chi connectivity index (χ1n) is 4.94. The van der Waals surface area contributed by atoms with Gasteiger partial charge in [0.25, 0.3) is 0 Å². The minimum Gasteiger partial charge on any atom is -0.471 e. The Labute approximate surface area is 109 Å². The molecule has 0 saturated heterocycles. The summed E-state index contributed by atoms with van der Waals surface area (Å²) in [5.41, 5.74) is 7.15. The predicted octanol–water partition coefficient (Wildman–Crippen LogP) is 3.55. The van der Waals surface area contributed by atoms with Gasteiger partial charge in [-0.15, -0.1) is 0 Å². The Kier molecular flexibility index (Phi) is 3.71. The van der Waals surface area contributed by atoms with Crippen LogP contribution in [0.5, 0.6) is 5.88 Å². The average molecular weight is 269 g/mol. The van der Waals surface area contributed by atoms with Crippen LogP contribution >= 0.6 is 23.2 Å². The summed E-state index contributed by atoms with van der Waals surface area (Å²) >= 11 is 11.5. The largest absolute Gasteiger partial charge is 0.471 e. The number of nitrogen functional groups attached to an aromatic ring is 1. The predicted molar refractivity (Wildman–Crippen MR) is 69.4 cm³/mol. The van der Waals surface area contributed by atoms with Crippen LogP contribution in [-0.2, 0) is 6.61 Å². The molecule has 0 unspecified atom stereocenters. The van der Waals surface area contributed by atoms with E-state index in [1.807, 2.05) is 12.1 Å². The molecule has 0 amide bonds. The lowest BCUT2D eigenvalue weighted by molar-refractivity contribution is 0.296. The number of nitrogens with zero attached hydrogens (tertiary/aromatic N) is 1. The van der Waals surface area contributed by atoms with Crippen molar-refractivity contribution in [2.24, 2.45) is 0 Å². The summed E-state index contributed by atoms with van der Waals surface area (Å²) in [7, 11) is 0. The van der Waals surface area contributed by atoms with Crippen LogP contribution in [0.15, 0.2) is 36.4 Å². The number of nitrogens with two attached hydrogens (primary N) is 1. The van der Waals surface area contributed by atoms with Gasteiger partial charge in [-0.1, -0.05) is 35.3 Å². The van der Waals surface area contributed by atoms with E-state index >= 15 is 0 Å². The molecule has 88 valence electrons. The third-order valence-electron chi connectivity index (χ3n) is 2.14. The first kappa shape index (κ1) is 12.0. The second kappa shape index (κ2) is 5.25. The van der Waals surface area contributed by atoms with E-state index in [4.69, 9.17) is 33.7 Å². The lowest BCUT2D eigenvalue weighted by Crippen LogP contribution is -2.00. The van der Waals surface area contributed by atoms with Gasteiger partial charge in [0.2, 0.25) is 5.88 Å². The zero-order chi connectivity index (χ0) is 12.3. The van der Waals surface area contributed by atoms with Gasteiger partial charge in [-0.3, -0.25) is 0 Å². The van der Waals surface area contributed by atoms with Crippen molar-refractivity contribution < 1.29 is 4.74 Å². The highest BCUT2D eigenvalue weighted by Gasteiger charge is 2.03. The minimum atomic E-state index is 0.340. The fourth-order valence-corrected chi connectivity index (χ4v) is 1.54. The summed E-state index contributed by atoms with van der Waals surface area (Å²) in [6.07, 6.45) is 0. The van der Waals surface area contributed by atoms with Gasteiger partial charge in [-0.2, -0.15) is 4.98 Å². The van der Waals surface area contributed by atoms with Gasteiger partial charge in [0.1, 0.15) is 11.8 Å². The fraction of sp³-hybridized carbons (Fsp3) is 0.0833. The maximum atomic E-state index is 5.78. The van der Waals surface area contributed by atoms with Crippen LogP contribution < -0.4 is 10.5 Å². The van der Waals surface area contributed by atoms with Gasteiger partial charge in [-0.05, 0) is 29.8 Å². The number of aromatic nitrogens is 1. The maximum absolute atomic E-state index is 5.78. The molecule has 0 saturated carbocycles. The Balaban J connectivity index is 2.07. The number of ether oxygens (including phenoxy) is 1. The molecule has 0 radical (unpaired) electrons. The molecule has 2 N–H and O–H groups in total. The van der Waals surface area contributed by atoms with Crippen molar-refractivity contribution in [2.75, 3.05) is 5.73 Å². The summed E-state index contributed by atoms with van der Waals surface area (Å²) in [5, 5.41) is 1.04. The van der Waals surface area contributed by atoms with Gasteiger partial charge in [0.05, 0.1) is 5.69 Å². The summed E-state index contributed by atoms with van der Waals surface area (Å²) in [5.74, 6) is 0.340. The zero-order valence-electron chi connectivity index (χ0n) is 8.86. The molecule has 0 spiro atoms. The summed E-state index contributed by atoms with van der Waals surface area (Å²) in [4.78, 5) is 4.00. The summed E-state index contributed by atoms with van der Waals surface area (Å²) in [6, 6.07) is 10.6. The number of hydrogen-bond donors (Lipinski definition) is 1. The third kappa shape index (κ3) is 3.25. The molecular formula is C12H10Cl2N2O. The van der Waals surface area contributed by atoms with E-state index in [0.717, 1.165) is 5.56 Å². The van der Waals surface area contributed by atoms with E-state index in [9.17, 15) is 0 Å². The van der Waals surface area contributed by atoms with E-state index in [2.05, 4.69) is 4.98 Å². The minimum absolute atomic E-state index is 0.340. The molecule has 0 fully saturated rings. The van der Waals surface area contributed by atoms with Crippen molar-refractivity contribution in [3.05, 3.63) is 52.1 Å². The van der Waals surface area contributed by atoms with Crippen molar-refractivity contribution in [1.29, 1.82) is 0 Å². The topological polar surface area (TPSA) is 48.1 Å². The van der Waals surface area contributed by atoms with Crippen molar-refractivity contribution in [2.45, 2.75) is 6.61 Å². The normalized spacial score (nSPS) is 10.2. The second-order valence-electron chi connectivity index (χ2n) is 3.44. The van der Waals surface area contributed by atoms with Crippen LogP contribution in [0.3, 0.4) is 0 Å². The van der Waals surface area contributed by atoms with Crippen molar-refractivity contribution in [1.82, 2.24) is 4.98 Å². The monoisotopic (exact) mass is 268 g/mol. The Morgan fingerprint density at radius 1 is 1.06 bits per heavy atom. The SMILES string of the molecule is Nc1ccc(Cl)nc1OCc1ccc(Cl)cc1. The van der Waals surface area contributed by atoms with Crippen molar-refractivity contribution in [3.8, 4) is 5.88 Å². The van der Waals surface area contributed by atoms with E-state index in [1.54, 1.807) is 24.3 Å². The molecule has 0 aliphatic heterocycles. The molecule has 2 rings (SSSR count). The van der Waals surface area contributed by atoms with E-state index in [0.29, 0.717) is 28.3 Å². The van der Waals surface area contributed by atoms with Crippen LogP contribution in [0.4, 0.5) is 5.69 Å². The first-order chi connectivity index (χ1) is 8.15. The Hall–Kier alpha value is -1.45. The average Bonchev–Trinajstić information content (AvgIpc) is 2.32. The number of hydrogen-bond acceptors (Lipinski definition) is 3. The van der Waals surface area contributed by atoms with Crippen molar-refractivity contribution in [3.63, 3.8) is 0 Å². The summed E-state index contributed by atoms with van der Waals surface area (Å²) in [6.45, 7) is 0.370. The van der Waals surface area contributed by atoms with E-state index in [1.165, 1.54) is 0 Å². The highest BCUT2D eigenvalue weighted by atomic mass is 35.5. The molecule has 17 heavy (non-hydrogen) atoms. The van der Waals surface area contributed by atoms with E-state index < -0.39 is 0 Å². The molecule has 2 aromatic rings. The van der Waals surface area contributed by atoms with Crippen LogP contribution in [0.1, 0.15) is 5.56 Å². The van der Waals surface area contributed by atoms with Crippen molar-refractivity contribution >= 4 is 28.9 Å². The standard InChI is InChI=1S/C12H10Cl2N2O/c13-9-3-1-8(2-4-9)7-17-12-10(15)5-6-11(14)16-12/h1-6H,7,15H2. The van der Waals surface area contributed by atoms with Crippen LogP contribution in [0.2, 0.25) is 10.2 Å². The first-order valence-corrected chi connectivity index (χ1v) is 5.70. The third-order valence-corrected chi connectivity index (χ3v) is 2.61. The van der Waals surface area contributed by atoms with Crippen LogP contribution in [0, 0.1) is 0 Å². The Bertz CT molecular complexity index is 514. The second-order valence-corrected chi connectivity index (χ2v) is 4.27. The zero-order valence-corrected chi connectivity index (χ0v) is 10.4. The maximum Gasteiger partial charge on any atom is 0.238 e. The molecule has 1 aromatic carbocycles. The van der Waals surface area contributed by atoms with Gasteiger partial charge in [0.15, 0.2) is 0 Å². The van der Waals surface area contributed by atoms with Crippen LogP contribution in [0.25, 0.3) is 0 Å². The summed E-state index contributed by atoms with van der Waals surface area (Å²) < 4.78 is 5.48. The van der Waals surface area contributed by atoms with Crippen LogP contribution in [-0.4, -0.2) is 4.98 Å². The molecular weight excluding hydrogens is 259 g/mol. The highest BCUT2D eigenvalue weighted by molar-refractivity contribution is 6.30. The fourth-order valence-electron chi connectivity index (χ4n) is 1.28. The number of rotatable bonds is 3. The van der Waals surface area contributed by atoms with Gasteiger partial charge >= 0.3 is 0 Å². The lowest BCUT2D eigenvalue weighted by Gasteiger charge is -2.07. The number of anilines is 1. The quantitative estimate of drug-likeness (QED) is 0.867. The molecule has 1 heterocycles. The van der Waals surface area contributed by atoms with Gasteiger partial charge in [-0.25, -0.2) is 0 Å².